The molecule has 1 N–H and O–H groups in total. The van der Waals surface area contributed by atoms with Gasteiger partial charge in [-0.2, -0.15) is 0 Å². The minimum Gasteiger partial charge on any atom is -0.507 e. The first-order chi connectivity index (χ1) is 16.9. The van der Waals surface area contributed by atoms with Gasteiger partial charge in [0.25, 0.3) is 5.78 Å². The number of fused-ring (bicyclic) bond motifs is 1. The molecule has 1 aliphatic heterocycles. The maximum atomic E-state index is 13.8. The van der Waals surface area contributed by atoms with Crippen molar-refractivity contribution in [3.63, 3.8) is 0 Å². The van der Waals surface area contributed by atoms with Crippen LogP contribution in [0.3, 0.4) is 0 Å². The molecule has 0 spiro atoms. The van der Waals surface area contributed by atoms with Crippen molar-refractivity contribution in [2.75, 3.05) is 11.5 Å². The van der Waals surface area contributed by atoms with Gasteiger partial charge in [-0.15, -0.1) is 0 Å². The first-order valence-electron chi connectivity index (χ1n) is 10.7. The lowest BCUT2D eigenvalue weighted by molar-refractivity contribution is -0.132. The molecule has 176 valence electrons. The molecular weight excluding hydrogens is 491 g/mol. The summed E-state index contributed by atoms with van der Waals surface area (Å²) in [6.45, 7) is 2.34. The topological polar surface area (TPSA) is 79.7 Å². The second-order valence-corrected chi connectivity index (χ2v) is 9.23. The number of aliphatic hydroxyl groups is 1. The highest BCUT2D eigenvalue weighted by Gasteiger charge is 2.48. The average molecular weight is 509 g/mol. The molecule has 0 bridgehead atoms. The standard InChI is InChI=1S/C26H18ClFN2O4S/c1-2-34-18-10-5-15(6-11-18)23(31)21-22(14-3-7-16(27)8-4-14)30(25(33)24(21)32)26-29-19-12-9-17(28)13-20(19)35-26/h3-13,22,31H,2H2,1H3/b23-21+/t22-/m0/s1. The van der Waals surface area contributed by atoms with Gasteiger partial charge < -0.3 is 9.84 Å². The largest absolute Gasteiger partial charge is 0.507 e. The van der Waals surface area contributed by atoms with Gasteiger partial charge in [-0.05, 0) is 67.1 Å². The van der Waals surface area contributed by atoms with E-state index in [9.17, 15) is 19.1 Å². The van der Waals surface area contributed by atoms with E-state index in [0.717, 1.165) is 11.3 Å². The molecule has 5 rings (SSSR count). The number of ketones is 1. The summed E-state index contributed by atoms with van der Waals surface area (Å²) in [7, 11) is 0. The summed E-state index contributed by atoms with van der Waals surface area (Å²) in [5.41, 5.74) is 1.34. The molecule has 1 fully saturated rings. The van der Waals surface area contributed by atoms with Crippen LogP contribution in [0.5, 0.6) is 5.75 Å². The summed E-state index contributed by atoms with van der Waals surface area (Å²) in [6, 6.07) is 16.4. The second-order valence-electron chi connectivity index (χ2n) is 7.79. The summed E-state index contributed by atoms with van der Waals surface area (Å²) >= 11 is 7.15. The van der Waals surface area contributed by atoms with E-state index in [0.29, 0.717) is 38.7 Å². The van der Waals surface area contributed by atoms with Crippen LogP contribution in [0.1, 0.15) is 24.1 Å². The van der Waals surface area contributed by atoms with E-state index in [1.807, 2.05) is 6.92 Å². The quantitative estimate of drug-likeness (QED) is 0.200. The molecule has 2 heterocycles. The fraction of sp³-hybridized carbons (Fsp3) is 0.115. The molecule has 9 heteroatoms. The van der Waals surface area contributed by atoms with Crippen molar-refractivity contribution in [2.24, 2.45) is 0 Å². The molecule has 1 aromatic heterocycles. The number of ether oxygens (including phenoxy) is 1. The SMILES string of the molecule is CCOc1ccc(/C(O)=C2\C(=O)C(=O)N(c3nc4ccc(F)cc4s3)[C@H]2c2ccc(Cl)cc2)cc1. The van der Waals surface area contributed by atoms with E-state index in [4.69, 9.17) is 16.3 Å². The molecule has 35 heavy (non-hydrogen) atoms. The van der Waals surface area contributed by atoms with E-state index in [2.05, 4.69) is 4.98 Å². The van der Waals surface area contributed by atoms with E-state index in [1.54, 1.807) is 48.5 Å². The Hall–Kier alpha value is -3.75. The van der Waals surface area contributed by atoms with Crippen molar-refractivity contribution in [1.82, 2.24) is 4.98 Å². The highest BCUT2D eigenvalue weighted by molar-refractivity contribution is 7.22. The van der Waals surface area contributed by atoms with Gasteiger partial charge in [-0.3, -0.25) is 14.5 Å². The fourth-order valence-electron chi connectivity index (χ4n) is 4.01. The number of carbonyl (C=O) groups excluding carboxylic acids is 2. The fourth-order valence-corrected chi connectivity index (χ4v) is 5.15. The monoisotopic (exact) mass is 508 g/mol. The molecule has 0 radical (unpaired) electrons. The Kier molecular flexibility index (Phi) is 6.00. The van der Waals surface area contributed by atoms with Crippen molar-refractivity contribution >= 4 is 55.7 Å². The zero-order chi connectivity index (χ0) is 24.7. The number of hydrogen-bond donors (Lipinski definition) is 1. The molecular formula is C26H18ClFN2O4S. The predicted molar refractivity (Wildman–Crippen MR) is 133 cm³/mol. The Morgan fingerprint density at radius 1 is 1.11 bits per heavy atom. The number of aliphatic hydroxyl groups excluding tert-OH is 1. The van der Waals surface area contributed by atoms with Crippen molar-refractivity contribution in [3.05, 3.63) is 94.3 Å². The van der Waals surface area contributed by atoms with Gasteiger partial charge in [0.1, 0.15) is 17.3 Å². The summed E-state index contributed by atoms with van der Waals surface area (Å²) in [5.74, 6) is -1.82. The molecule has 0 saturated carbocycles. The highest BCUT2D eigenvalue weighted by Crippen LogP contribution is 2.44. The van der Waals surface area contributed by atoms with Crippen LogP contribution in [-0.4, -0.2) is 28.4 Å². The van der Waals surface area contributed by atoms with Crippen LogP contribution in [0.15, 0.2) is 72.3 Å². The second kappa shape index (κ2) is 9.13. The lowest BCUT2D eigenvalue weighted by Crippen LogP contribution is -2.29. The number of hydrogen-bond acceptors (Lipinski definition) is 6. The molecule has 1 atom stereocenters. The third-order valence-corrected chi connectivity index (χ3v) is 6.88. The Balaban J connectivity index is 1.68. The minimum atomic E-state index is -0.954. The van der Waals surface area contributed by atoms with Crippen LogP contribution >= 0.6 is 22.9 Å². The third kappa shape index (κ3) is 4.15. The number of Topliss-reactive ketones (excluding diaryl/α,β-unsaturated/α-hetero) is 1. The summed E-state index contributed by atoms with van der Waals surface area (Å²) in [5, 5.41) is 11.9. The number of anilines is 1. The number of thiazole rings is 1. The highest BCUT2D eigenvalue weighted by atomic mass is 35.5. The third-order valence-electron chi connectivity index (χ3n) is 5.61. The molecule has 4 aromatic rings. The zero-order valence-corrected chi connectivity index (χ0v) is 19.9. The molecule has 1 aliphatic rings. The predicted octanol–water partition coefficient (Wildman–Crippen LogP) is 6.11. The van der Waals surface area contributed by atoms with Crippen LogP contribution < -0.4 is 9.64 Å². The van der Waals surface area contributed by atoms with Gasteiger partial charge in [0.2, 0.25) is 0 Å². The first-order valence-corrected chi connectivity index (χ1v) is 11.9. The van der Waals surface area contributed by atoms with Gasteiger partial charge in [0.15, 0.2) is 5.13 Å². The lowest BCUT2D eigenvalue weighted by Gasteiger charge is -2.23. The zero-order valence-electron chi connectivity index (χ0n) is 18.4. The van der Waals surface area contributed by atoms with Crippen LogP contribution in [-0.2, 0) is 9.59 Å². The van der Waals surface area contributed by atoms with Gasteiger partial charge in [-0.1, -0.05) is 35.1 Å². The Morgan fingerprint density at radius 2 is 1.83 bits per heavy atom. The van der Waals surface area contributed by atoms with Crippen molar-refractivity contribution in [3.8, 4) is 5.75 Å². The van der Waals surface area contributed by atoms with Gasteiger partial charge >= 0.3 is 5.91 Å². The minimum absolute atomic E-state index is 0.0769. The van der Waals surface area contributed by atoms with Gasteiger partial charge in [-0.25, -0.2) is 9.37 Å². The van der Waals surface area contributed by atoms with Gasteiger partial charge in [0, 0.05) is 10.6 Å². The molecule has 1 saturated heterocycles. The maximum absolute atomic E-state index is 13.8. The van der Waals surface area contributed by atoms with E-state index < -0.39 is 23.5 Å². The molecule has 0 aliphatic carbocycles. The number of amides is 1. The van der Waals surface area contributed by atoms with Gasteiger partial charge in [0.05, 0.1) is 28.4 Å². The van der Waals surface area contributed by atoms with Crippen LogP contribution in [0, 0.1) is 5.82 Å². The normalized spacial score (nSPS) is 17.3. The Morgan fingerprint density at radius 3 is 2.51 bits per heavy atom. The number of nitrogens with zero attached hydrogens (tertiary/aromatic N) is 2. The van der Waals surface area contributed by atoms with Crippen LogP contribution in [0.2, 0.25) is 5.02 Å². The van der Waals surface area contributed by atoms with E-state index >= 15 is 0 Å². The molecule has 6 nitrogen and oxygen atoms in total. The molecule has 1 amide bonds. The van der Waals surface area contributed by atoms with Crippen molar-refractivity contribution in [1.29, 1.82) is 0 Å². The number of carbonyl (C=O) groups is 2. The van der Waals surface area contributed by atoms with Crippen molar-refractivity contribution < 1.29 is 23.8 Å². The Bertz CT molecular complexity index is 1480. The average Bonchev–Trinajstić information content (AvgIpc) is 3.37. The summed E-state index contributed by atoms with van der Waals surface area (Å²) in [4.78, 5) is 32.2. The van der Waals surface area contributed by atoms with Crippen LogP contribution in [0.25, 0.3) is 16.0 Å². The van der Waals surface area contributed by atoms with Crippen molar-refractivity contribution in [2.45, 2.75) is 13.0 Å². The van der Waals surface area contributed by atoms with Crippen LogP contribution in [0.4, 0.5) is 9.52 Å². The maximum Gasteiger partial charge on any atom is 0.301 e. The first kappa shape index (κ1) is 23.0. The summed E-state index contributed by atoms with van der Waals surface area (Å²) < 4.78 is 19.7. The number of benzene rings is 3. The smallest absolute Gasteiger partial charge is 0.301 e. The number of aromatic nitrogens is 1. The number of halogens is 2. The number of rotatable bonds is 5. The van der Waals surface area contributed by atoms with E-state index in [1.165, 1.54) is 23.1 Å². The lowest BCUT2D eigenvalue weighted by atomic mass is 9.95. The molecule has 0 unspecified atom stereocenters. The van der Waals surface area contributed by atoms with E-state index in [-0.39, 0.29) is 16.5 Å². The Labute approximate surface area is 208 Å². The summed E-state index contributed by atoms with van der Waals surface area (Å²) in [6.07, 6.45) is 0. The molecule has 3 aromatic carbocycles.